The molecule has 2 aromatic rings. The largest absolute Gasteiger partial charge is 0.492 e. The molecule has 0 bridgehead atoms. The van der Waals surface area contributed by atoms with E-state index in [0.717, 1.165) is 17.9 Å². The highest BCUT2D eigenvalue weighted by Crippen LogP contribution is 2.19. The number of ether oxygens (including phenoxy) is 1. The summed E-state index contributed by atoms with van der Waals surface area (Å²) in [4.78, 5) is 14.2. The molecule has 0 atom stereocenters. The van der Waals surface area contributed by atoms with Crippen LogP contribution in [-0.4, -0.2) is 38.1 Å². The summed E-state index contributed by atoms with van der Waals surface area (Å²) in [5, 5.41) is 3.72. The van der Waals surface area contributed by atoms with Crippen molar-refractivity contribution in [2.45, 2.75) is 6.54 Å². The van der Waals surface area contributed by atoms with Gasteiger partial charge in [0.2, 0.25) is 0 Å². The van der Waals surface area contributed by atoms with E-state index in [4.69, 9.17) is 27.9 Å². The van der Waals surface area contributed by atoms with Crippen molar-refractivity contribution in [3.63, 3.8) is 0 Å². The molecule has 0 aliphatic carbocycles. The molecule has 0 aromatic heterocycles. The van der Waals surface area contributed by atoms with E-state index < -0.39 is 0 Å². The second-order valence-electron chi connectivity index (χ2n) is 5.64. The summed E-state index contributed by atoms with van der Waals surface area (Å²) in [6, 6.07) is 12.4. The zero-order chi connectivity index (χ0) is 17.5. The number of carbonyl (C=O) groups excluding carboxylic acids is 1. The number of likely N-dealkylation sites (N-methyl/N-ethyl adjacent to an activating group) is 1. The number of rotatable bonds is 7. The molecule has 0 unspecified atom stereocenters. The Hall–Kier alpha value is -1.75. The molecule has 0 radical (unpaired) electrons. The topological polar surface area (TPSA) is 41.6 Å². The molecule has 0 heterocycles. The van der Waals surface area contributed by atoms with Crippen LogP contribution in [0.3, 0.4) is 0 Å². The normalized spacial score (nSPS) is 10.7. The van der Waals surface area contributed by atoms with Gasteiger partial charge >= 0.3 is 0 Å². The van der Waals surface area contributed by atoms with Gasteiger partial charge < -0.3 is 15.0 Å². The third kappa shape index (κ3) is 6.04. The molecule has 2 aromatic carbocycles. The monoisotopic (exact) mass is 366 g/mol. The van der Waals surface area contributed by atoms with Gasteiger partial charge in [0.05, 0.1) is 0 Å². The Balaban J connectivity index is 1.86. The molecule has 2 rings (SSSR count). The summed E-state index contributed by atoms with van der Waals surface area (Å²) in [5.41, 5.74) is 1.42. The van der Waals surface area contributed by atoms with E-state index in [-0.39, 0.29) is 5.91 Å². The quantitative estimate of drug-likeness (QED) is 0.808. The van der Waals surface area contributed by atoms with Crippen molar-refractivity contribution in [3.8, 4) is 5.75 Å². The SMILES string of the molecule is CN(C)CCOc1ccc(CNC(=O)c2cc(Cl)cc(Cl)c2)cc1. The zero-order valence-electron chi connectivity index (χ0n) is 13.7. The van der Waals surface area contributed by atoms with Crippen LogP contribution in [0.15, 0.2) is 42.5 Å². The number of nitrogens with zero attached hydrogens (tertiary/aromatic N) is 1. The Labute approximate surface area is 152 Å². The fraction of sp³-hybridized carbons (Fsp3) is 0.278. The molecule has 4 nitrogen and oxygen atoms in total. The molecular weight excluding hydrogens is 347 g/mol. The summed E-state index contributed by atoms with van der Waals surface area (Å²) < 4.78 is 5.63. The Bertz CT molecular complexity index is 668. The highest BCUT2D eigenvalue weighted by molar-refractivity contribution is 6.35. The number of hydrogen-bond acceptors (Lipinski definition) is 3. The predicted molar refractivity (Wildman–Crippen MR) is 98.1 cm³/mol. The minimum Gasteiger partial charge on any atom is -0.492 e. The first kappa shape index (κ1) is 18.6. The average Bonchev–Trinajstić information content (AvgIpc) is 2.52. The molecular formula is C18H20Cl2N2O2. The molecule has 128 valence electrons. The number of amides is 1. The molecule has 0 saturated heterocycles. The van der Waals surface area contributed by atoms with Crippen LogP contribution < -0.4 is 10.1 Å². The lowest BCUT2D eigenvalue weighted by Crippen LogP contribution is -2.22. The van der Waals surface area contributed by atoms with Crippen molar-refractivity contribution < 1.29 is 9.53 Å². The maximum Gasteiger partial charge on any atom is 0.251 e. The molecule has 1 amide bonds. The highest BCUT2D eigenvalue weighted by Gasteiger charge is 2.07. The van der Waals surface area contributed by atoms with Gasteiger partial charge in [-0.2, -0.15) is 0 Å². The second kappa shape index (κ2) is 8.92. The van der Waals surface area contributed by atoms with Crippen LogP contribution in [0.2, 0.25) is 10.0 Å². The Morgan fingerprint density at radius 3 is 2.29 bits per heavy atom. The predicted octanol–water partition coefficient (Wildman–Crippen LogP) is 3.86. The van der Waals surface area contributed by atoms with E-state index >= 15 is 0 Å². The fourth-order valence-electron chi connectivity index (χ4n) is 2.02. The van der Waals surface area contributed by atoms with E-state index in [2.05, 4.69) is 10.2 Å². The third-order valence-electron chi connectivity index (χ3n) is 3.31. The van der Waals surface area contributed by atoms with Crippen molar-refractivity contribution in [2.75, 3.05) is 27.2 Å². The van der Waals surface area contributed by atoms with Crippen LogP contribution in [0.5, 0.6) is 5.75 Å². The Morgan fingerprint density at radius 2 is 1.71 bits per heavy atom. The van der Waals surface area contributed by atoms with Gasteiger partial charge in [-0.15, -0.1) is 0 Å². The molecule has 0 fully saturated rings. The van der Waals surface area contributed by atoms with Crippen LogP contribution in [0.25, 0.3) is 0 Å². The first-order valence-electron chi connectivity index (χ1n) is 7.55. The van der Waals surface area contributed by atoms with Crippen molar-refractivity contribution in [2.24, 2.45) is 0 Å². The highest BCUT2D eigenvalue weighted by atomic mass is 35.5. The molecule has 0 spiro atoms. The van der Waals surface area contributed by atoms with Crippen LogP contribution in [-0.2, 0) is 6.54 Å². The van der Waals surface area contributed by atoms with E-state index in [0.29, 0.717) is 28.8 Å². The van der Waals surface area contributed by atoms with Gasteiger partial charge in [0.15, 0.2) is 0 Å². The molecule has 24 heavy (non-hydrogen) atoms. The van der Waals surface area contributed by atoms with Crippen molar-refractivity contribution in [1.29, 1.82) is 0 Å². The van der Waals surface area contributed by atoms with Crippen LogP contribution in [0, 0.1) is 0 Å². The van der Waals surface area contributed by atoms with Crippen molar-refractivity contribution in [3.05, 3.63) is 63.6 Å². The zero-order valence-corrected chi connectivity index (χ0v) is 15.2. The van der Waals surface area contributed by atoms with Crippen molar-refractivity contribution >= 4 is 29.1 Å². The van der Waals surface area contributed by atoms with Crippen LogP contribution >= 0.6 is 23.2 Å². The van der Waals surface area contributed by atoms with Gasteiger partial charge in [-0.1, -0.05) is 35.3 Å². The van der Waals surface area contributed by atoms with E-state index in [1.54, 1.807) is 18.2 Å². The summed E-state index contributed by atoms with van der Waals surface area (Å²) >= 11 is 11.8. The van der Waals surface area contributed by atoms with Crippen molar-refractivity contribution in [1.82, 2.24) is 10.2 Å². The maximum atomic E-state index is 12.1. The minimum absolute atomic E-state index is 0.217. The van der Waals surface area contributed by atoms with Gasteiger partial charge in [-0.25, -0.2) is 0 Å². The first-order valence-corrected chi connectivity index (χ1v) is 8.30. The van der Waals surface area contributed by atoms with Gasteiger partial charge in [-0.3, -0.25) is 4.79 Å². The van der Waals surface area contributed by atoms with E-state index in [1.807, 2.05) is 38.4 Å². The van der Waals surface area contributed by atoms with Gasteiger partial charge in [0, 0.05) is 28.7 Å². The van der Waals surface area contributed by atoms with Gasteiger partial charge in [-0.05, 0) is 50.0 Å². The van der Waals surface area contributed by atoms with E-state index in [9.17, 15) is 4.79 Å². The van der Waals surface area contributed by atoms with Crippen LogP contribution in [0.4, 0.5) is 0 Å². The standard InChI is InChI=1S/C18H20Cl2N2O2/c1-22(2)7-8-24-17-5-3-13(4-6-17)12-21-18(23)14-9-15(19)11-16(20)10-14/h3-6,9-11H,7-8,12H2,1-2H3,(H,21,23). The average molecular weight is 367 g/mol. The lowest BCUT2D eigenvalue weighted by atomic mass is 10.2. The molecule has 0 aliphatic rings. The Kier molecular flexibility index (Phi) is 6.91. The maximum absolute atomic E-state index is 12.1. The molecule has 0 aliphatic heterocycles. The molecule has 1 N–H and O–H groups in total. The van der Waals surface area contributed by atoms with Gasteiger partial charge in [0.25, 0.3) is 5.91 Å². The number of halogens is 2. The summed E-state index contributed by atoms with van der Waals surface area (Å²) in [6.07, 6.45) is 0. The molecule has 6 heteroatoms. The first-order chi connectivity index (χ1) is 11.4. The smallest absolute Gasteiger partial charge is 0.251 e. The minimum atomic E-state index is -0.217. The number of carbonyl (C=O) groups is 1. The summed E-state index contributed by atoms with van der Waals surface area (Å²) in [6.45, 7) is 1.92. The Morgan fingerprint density at radius 1 is 1.08 bits per heavy atom. The van der Waals surface area contributed by atoms with E-state index in [1.165, 1.54) is 0 Å². The number of nitrogens with one attached hydrogen (secondary N) is 1. The lowest BCUT2D eigenvalue weighted by Gasteiger charge is -2.11. The molecule has 0 saturated carbocycles. The fourth-order valence-corrected chi connectivity index (χ4v) is 2.54. The number of benzene rings is 2. The van der Waals surface area contributed by atoms with Crippen LogP contribution in [0.1, 0.15) is 15.9 Å². The summed E-state index contributed by atoms with van der Waals surface area (Å²) in [7, 11) is 4.00. The second-order valence-corrected chi connectivity index (χ2v) is 6.51. The van der Waals surface area contributed by atoms with Gasteiger partial charge in [0.1, 0.15) is 12.4 Å². The lowest BCUT2D eigenvalue weighted by molar-refractivity contribution is 0.0951. The summed E-state index contributed by atoms with van der Waals surface area (Å²) in [5.74, 6) is 0.597. The third-order valence-corrected chi connectivity index (χ3v) is 3.74. The number of hydrogen-bond donors (Lipinski definition) is 1.